The van der Waals surface area contributed by atoms with Gasteiger partial charge in [-0.05, 0) is 19.1 Å². The minimum atomic E-state index is -0.489. The molecule has 0 amide bonds. The van der Waals surface area contributed by atoms with Crippen LogP contribution in [-0.2, 0) is 4.79 Å². The minimum absolute atomic E-state index is 0.178. The highest BCUT2D eigenvalue weighted by molar-refractivity contribution is 6.26. The Morgan fingerprint density at radius 1 is 1.37 bits per heavy atom. The average Bonchev–Trinajstić information content (AvgIpc) is 2.39. The predicted molar refractivity (Wildman–Crippen MR) is 72.8 cm³/mol. The van der Waals surface area contributed by atoms with E-state index in [1.165, 1.54) is 6.33 Å². The van der Waals surface area contributed by atoms with Crippen LogP contribution in [0, 0.1) is 6.92 Å². The Kier molecular flexibility index (Phi) is 4.30. The molecular weight excluding hydrogens is 266 g/mol. The van der Waals surface area contributed by atoms with E-state index in [9.17, 15) is 4.79 Å². The lowest BCUT2D eigenvalue weighted by molar-refractivity contribution is -0.131. The van der Waals surface area contributed by atoms with Gasteiger partial charge >= 0.3 is 5.97 Å². The van der Waals surface area contributed by atoms with Crippen LogP contribution >= 0.6 is 11.6 Å². The zero-order valence-corrected chi connectivity index (χ0v) is 11.0. The van der Waals surface area contributed by atoms with Gasteiger partial charge in [0.2, 0.25) is 0 Å². The van der Waals surface area contributed by atoms with Gasteiger partial charge in [-0.25, -0.2) is 9.97 Å². The number of rotatable bonds is 4. The summed E-state index contributed by atoms with van der Waals surface area (Å²) in [7, 11) is 0. The maximum atomic E-state index is 11.1. The number of aryl methyl sites for hydroxylation is 1. The fourth-order valence-corrected chi connectivity index (χ4v) is 1.52. The number of esters is 1. The lowest BCUT2D eigenvalue weighted by atomic mass is 10.3. The van der Waals surface area contributed by atoms with Crippen molar-refractivity contribution in [3.63, 3.8) is 0 Å². The molecule has 6 heteroatoms. The Bertz CT molecular complexity index is 590. The smallest absolute Gasteiger partial charge is 0.326 e. The van der Waals surface area contributed by atoms with Crippen LogP contribution in [-0.4, -0.2) is 21.8 Å². The van der Waals surface area contributed by atoms with Gasteiger partial charge in [-0.1, -0.05) is 6.07 Å². The molecule has 1 aromatic heterocycles. The van der Waals surface area contributed by atoms with Crippen molar-refractivity contribution in [1.29, 1.82) is 0 Å². The van der Waals surface area contributed by atoms with Crippen molar-refractivity contribution in [3.05, 3.63) is 42.4 Å². The van der Waals surface area contributed by atoms with Crippen LogP contribution in [0.15, 0.2) is 36.7 Å². The SMILES string of the molecule is Cc1cc(Nc2cccc(OC(=O)CCl)c2)ncn1. The molecule has 0 saturated carbocycles. The highest BCUT2D eigenvalue weighted by Gasteiger charge is 2.04. The Balaban J connectivity index is 2.13. The number of halogens is 1. The van der Waals surface area contributed by atoms with Crippen molar-refractivity contribution >= 4 is 29.1 Å². The van der Waals surface area contributed by atoms with Crippen molar-refractivity contribution in [1.82, 2.24) is 9.97 Å². The molecule has 2 aromatic rings. The van der Waals surface area contributed by atoms with E-state index in [4.69, 9.17) is 16.3 Å². The third-order valence-corrected chi connectivity index (χ3v) is 2.47. The van der Waals surface area contributed by atoms with E-state index >= 15 is 0 Å². The molecule has 19 heavy (non-hydrogen) atoms. The molecule has 98 valence electrons. The fourth-order valence-electron chi connectivity index (χ4n) is 1.47. The van der Waals surface area contributed by atoms with Crippen molar-refractivity contribution in [2.45, 2.75) is 6.92 Å². The molecular formula is C13H12ClN3O2. The normalized spacial score (nSPS) is 10.0. The molecule has 0 atom stereocenters. The second kappa shape index (κ2) is 6.15. The number of ether oxygens (including phenoxy) is 1. The first-order valence-corrected chi connectivity index (χ1v) is 6.13. The van der Waals surface area contributed by atoms with Crippen LogP contribution in [0.5, 0.6) is 5.75 Å². The summed E-state index contributed by atoms with van der Waals surface area (Å²) >= 11 is 5.38. The van der Waals surface area contributed by atoms with E-state index in [0.29, 0.717) is 11.6 Å². The molecule has 0 spiro atoms. The Hall–Kier alpha value is -2.14. The highest BCUT2D eigenvalue weighted by Crippen LogP contribution is 2.20. The van der Waals surface area contributed by atoms with E-state index < -0.39 is 5.97 Å². The summed E-state index contributed by atoms with van der Waals surface area (Å²) in [5.41, 5.74) is 1.63. The lowest BCUT2D eigenvalue weighted by Crippen LogP contribution is -2.08. The molecule has 0 bridgehead atoms. The molecule has 0 radical (unpaired) electrons. The first-order valence-electron chi connectivity index (χ1n) is 5.60. The summed E-state index contributed by atoms with van der Waals surface area (Å²) in [6, 6.07) is 8.81. The second-order valence-electron chi connectivity index (χ2n) is 3.81. The van der Waals surface area contributed by atoms with E-state index in [1.807, 2.05) is 19.1 Å². The van der Waals surface area contributed by atoms with E-state index in [1.54, 1.807) is 18.2 Å². The Morgan fingerprint density at radius 2 is 2.21 bits per heavy atom. The average molecular weight is 278 g/mol. The van der Waals surface area contributed by atoms with Gasteiger partial charge in [0.15, 0.2) is 0 Å². The van der Waals surface area contributed by atoms with Gasteiger partial charge in [0, 0.05) is 23.5 Å². The molecule has 0 unspecified atom stereocenters. The number of aromatic nitrogens is 2. The number of benzene rings is 1. The summed E-state index contributed by atoms with van der Waals surface area (Å²) in [6.07, 6.45) is 1.48. The second-order valence-corrected chi connectivity index (χ2v) is 4.07. The first kappa shape index (κ1) is 13.3. The monoisotopic (exact) mass is 277 g/mol. The number of alkyl halides is 1. The van der Waals surface area contributed by atoms with E-state index in [-0.39, 0.29) is 5.88 Å². The van der Waals surface area contributed by atoms with Gasteiger partial charge in [-0.2, -0.15) is 0 Å². The first-order chi connectivity index (χ1) is 9.17. The van der Waals surface area contributed by atoms with Crippen molar-refractivity contribution in [2.24, 2.45) is 0 Å². The lowest BCUT2D eigenvalue weighted by Gasteiger charge is -2.08. The number of carbonyl (C=O) groups excluding carboxylic acids is 1. The van der Waals surface area contributed by atoms with Crippen LogP contribution in [0.1, 0.15) is 5.69 Å². The molecule has 1 N–H and O–H groups in total. The number of carbonyl (C=O) groups is 1. The molecule has 1 aromatic carbocycles. The molecule has 0 aliphatic carbocycles. The summed E-state index contributed by atoms with van der Waals surface area (Å²) in [5, 5.41) is 3.10. The number of hydrogen-bond acceptors (Lipinski definition) is 5. The van der Waals surface area contributed by atoms with E-state index in [2.05, 4.69) is 15.3 Å². The maximum Gasteiger partial charge on any atom is 0.326 e. The van der Waals surface area contributed by atoms with E-state index in [0.717, 1.165) is 11.4 Å². The minimum Gasteiger partial charge on any atom is -0.426 e. The standard InChI is InChI=1S/C13H12ClN3O2/c1-9-5-12(16-8-15-9)17-10-3-2-4-11(6-10)19-13(18)7-14/h2-6,8H,7H2,1H3,(H,15,16,17). The molecule has 0 fully saturated rings. The van der Waals surface area contributed by atoms with Gasteiger partial charge in [-0.3, -0.25) is 4.79 Å². The highest BCUT2D eigenvalue weighted by atomic mass is 35.5. The van der Waals surface area contributed by atoms with Crippen LogP contribution in [0.3, 0.4) is 0 Å². The van der Waals surface area contributed by atoms with Gasteiger partial charge in [0.05, 0.1) is 0 Å². The Morgan fingerprint density at radius 3 is 2.95 bits per heavy atom. The van der Waals surface area contributed by atoms with Gasteiger partial charge < -0.3 is 10.1 Å². The summed E-state index contributed by atoms with van der Waals surface area (Å²) in [5.74, 6) is 0.439. The maximum absolute atomic E-state index is 11.1. The summed E-state index contributed by atoms with van der Waals surface area (Å²) in [4.78, 5) is 19.2. The summed E-state index contributed by atoms with van der Waals surface area (Å²) in [6.45, 7) is 1.88. The molecule has 0 aliphatic heterocycles. The third-order valence-electron chi connectivity index (χ3n) is 2.25. The summed E-state index contributed by atoms with van der Waals surface area (Å²) < 4.78 is 5.02. The molecule has 5 nitrogen and oxygen atoms in total. The van der Waals surface area contributed by atoms with Crippen LogP contribution in [0.25, 0.3) is 0 Å². The van der Waals surface area contributed by atoms with Gasteiger partial charge in [-0.15, -0.1) is 11.6 Å². The third kappa shape index (κ3) is 3.93. The van der Waals surface area contributed by atoms with Crippen molar-refractivity contribution < 1.29 is 9.53 Å². The van der Waals surface area contributed by atoms with Gasteiger partial charge in [0.25, 0.3) is 0 Å². The zero-order chi connectivity index (χ0) is 13.7. The molecule has 0 aliphatic rings. The molecule has 2 rings (SSSR count). The van der Waals surface area contributed by atoms with Crippen LogP contribution < -0.4 is 10.1 Å². The number of hydrogen-bond donors (Lipinski definition) is 1. The topological polar surface area (TPSA) is 64.1 Å². The predicted octanol–water partition coefficient (Wildman–Crippen LogP) is 2.67. The van der Waals surface area contributed by atoms with Crippen molar-refractivity contribution in [3.8, 4) is 5.75 Å². The fraction of sp³-hybridized carbons (Fsp3) is 0.154. The number of nitrogens with zero attached hydrogens (tertiary/aromatic N) is 2. The van der Waals surface area contributed by atoms with Crippen LogP contribution in [0.2, 0.25) is 0 Å². The Labute approximate surface area is 115 Å². The quantitative estimate of drug-likeness (QED) is 0.529. The largest absolute Gasteiger partial charge is 0.426 e. The van der Waals surface area contributed by atoms with Gasteiger partial charge in [0.1, 0.15) is 23.8 Å². The molecule has 1 heterocycles. The van der Waals surface area contributed by atoms with Crippen molar-refractivity contribution in [2.75, 3.05) is 11.2 Å². The zero-order valence-electron chi connectivity index (χ0n) is 10.3. The number of anilines is 2. The molecule has 0 saturated heterocycles. The van der Waals surface area contributed by atoms with Crippen LogP contribution in [0.4, 0.5) is 11.5 Å². The number of nitrogens with one attached hydrogen (secondary N) is 1.